The van der Waals surface area contributed by atoms with Crippen LogP contribution < -0.4 is 5.32 Å². The molecule has 1 aliphatic carbocycles. The molecule has 4 heterocycles. The van der Waals surface area contributed by atoms with Crippen molar-refractivity contribution in [1.29, 1.82) is 0 Å². The molecule has 0 aromatic carbocycles. The van der Waals surface area contributed by atoms with Gasteiger partial charge in [0.2, 0.25) is 5.95 Å². The molecule has 26 heavy (non-hydrogen) atoms. The fourth-order valence-corrected chi connectivity index (χ4v) is 3.77. The Balaban J connectivity index is 1.47. The first kappa shape index (κ1) is 15.2. The molecule has 7 nitrogen and oxygen atoms in total. The van der Waals surface area contributed by atoms with Crippen LogP contribution in [0, 0.1) is 5.41 Å². The van der Waals surface area contributed by atoms with E-state index in [0.29, 0.717) is 23.1 Å². The molecular formula is C19H19N7. The summed E-state index contributed by atoms with van der Waals surface area (Å²) in [5, 5.41) is 8.03. The first-order valence-electron chi connectivity index (χ1n) is 8.75. The smallest absolute Gasteiger partial charge is 0.241 e. The predicted octanol–water partition coefficient (Wildman–Crippen LogP) is 3.34. The van der Waals surface area contributed by atoms with Gasteiger partial charge < -0.3 is 5.32 Å². The number of nitrogens with one attached hydrogen (secondary N) is 1. The Bertz CT molecular complexity index is 1110. The Morgan fingerprint density at radius 1 is 1.08 bits per heavy atom. The van der Waals surface area contributed by atoms with E-state index in [1.165, 1.54) is 0 Å². The number of aromatic nitrogens is 6. The van der Waals surface area contributed by atoms with Crippen molar-refractivity contribution < 1.29 is 0 Å². The van der Waals surface area contributed by atoms with Crippen molar-refractivity contribution in [2.24, 2.45) is 5.41 Å². The molecule has 1 fully saturated rings. The number of fused-ring (bicyclic) bond motifs is 2. The molecule has 0 spiro atoms. The maximum absolute atomic E-state index is 4.60. The second kappa shape index (κ2) is 5.45. The van der Waals surface area contributed by atoms with Gasteiger partial charge in [-0.2, -0.15) is 0 Å². The SMILES string of the molecule is CC1(C)CC(Nc2ncc3c(-c4cnc5nccnc5c4)ccn3n2)C1. The van der Waals surface area contributed by atoms with E-state index >= 15 is 0 Å². The highest BCUT2D eigenvalue weighted by molar-refractivity contribution is 5.84. The Kier molecular flexibility index (Phi) is 3.19. The molecule has 0 radical (unpaired) electrons. The minimum Gasteiger partial charge on any atom is -0.350 e. The molecule has 0 aliphatic heterocycles. The second-order valence-corrected chi connectivity index (χ2v) is 7.68. The van der Waals surface area contributed by atoms with Crippen LogP contribution in [0.4, 0.5) is 5.95 Å². The molecule has 0 amide bonds. The minimum absolute atomic E-state index is 0.425. The van der Waals surface area contributed by atoms with E-state index in [9.17, 15) is 0 Å². The van der Waals surface area contributed by atoms with E-state index in [0.717, 1.165) is 35.0 Å². The maximum atomic E-state index is 4.60. The van der Waals surface area contributed by atoms with E-state index in [2.05, 4.69) is 44.2 Å². The van der Waals surface area contributed by atoms with Crippen molar-refractivity contribution in [3.05, 3.63) is 43.1 Å². The van der Waals surface area contributed by atoms with Crippen molar-refractivity contribution in [2.45, 2.75) is 32.7 Å². The van der Waals surface area contributed by atoms with Crippen LogP contribution in [0.25, 0.3) is 27.8 Å². The van der Waals surface area contributed by atoms with Crippen molar-refractivity contribution in [2.75, 3.05) is 5.32 Å². The van der Waals surface area contributed by atoms with Crippen LogP contribution in [0.2, 0.25) is 0 Å². The van der Waals surface area contributed by atoms with Crippen LogP contribution >= 0.6 is 0 Å². The first-order valence-corrected chi connectivity index (χ1v) is 8.75. The molecule has 1 saturated carbocycles. The predicted molar refractivity (Wildman–Crippen MR) is 99.7 cm³/mol. The van der Waals surface area contributed by atoms with Crippen LogP contribution in [0.3, 0.4) is 0 Å². The molecule has 1 aliphatic rings. The molecule has 1 N–H and O–H groups in total. The number of hydrogen-bond donors (Lipinski definition) is 1. The monoisotopic (exact) mass is 345 g/mol. The largest absolute Gasteiger partial charge is 0.350 e. The third-order valence-corrected chi connectivity index (χ3v) is 4.98. The summed E-state index contributed by atoms with van der Waals surface area (Å²) in [6, 6.07) is 4.48. The fourth-order valence-electron chi connectivity index (χ4n) is 3.77. The van der Waals surface area contributed by atoms with Gasteiger partial charge in [0.1, 0.15) is 5.52 Å². The second-order valence-electron chi connectivity index (χ2n) is 7.68. The number of hydrogen-bond acceptors (Lipinski definition) is 6. The van der Waals surface area contributed by atoms with Crippen LogP contribution in [0.1, 0.15) is 26.7 Å². The van der Waals surface area contributed by atoms with Crippen LogP contribution in [-0.2, 0) is 0 Å². The highest BCUT2D eigenvalue weighted by atomic mass is 15.3. The Labute approximate surface area is 150 Å². The Hall–Kier alpha value is -3.09. The summed E-state index contributed by atoms with van der Waals surface area (Å²) in [4.78, 5) is 17.5. The van der Waals surface area contributed by atoms with E-state index < -0.39 is 0 Å². The van der Waals surface area contributed by atoms with Gasteiger partial charge in [-0.05, 0) is 30.4 Å². The van der Waals surface area contributed by atoms with Crippen LogP contribution in [-0.4, -0.2) is 35.6 Å². The van der Waals surface area contributed by atoms with Crippen molar-refractivity contribution in [3.8, 4) is 11.1 Å². The molecule has 5 rings (SSSR count). The van der Waals surface area contributed by atoms with Gasteiger partial charge >= 0.3 is 0 Å². The molecule has 0 atom stereocenters. The molecule has 0 unspecified atom stereocenters. The highest BCUT2D eigenvalue weighted by Crippen LogP contribution is 2.41. The lowest BCUT2D eigenvalue weighted by Gasteiger charge is -2.42. The minimum atomic E-state index is 0.425. The summed E-state index contributed by atoms with van der Waals surface area (Å²) in [6.07, 6.45) is 11.2. The van der Waals surface area contributed by atoms with Gasteiger partial charge in [-0.1, -0.05) is 13.8 Å². The van der Waals surface area contributed by atoms with Crippen LogP contribution in [0.5, 0.6) is 0 Å². The zero-order valence-electron chi connectivity index (χ0n) is 14.7. The number of pyridine rings is 1. The van der Waals surface area contributed by atoms with Gasteiger partial charge in [-0.3, -0.25) is 4.98 Å². The van der Waals surface area contributed by atoms with E-state index in [-0.39, 0.29) is 0 Å². The zero-order valence-corrected chi connectivity index (χ0v) is 14.7. The lowest BCUT2D eigenvalue weighted by Crippen LogP contribution is -2.41. The summed E-state index contributed by atoms with van der Waals surface area (Å²) < 4.78 is 1.86. The number of anilines is 1. The summed E-state index contributed by atoms with van der Waals surface area (Å²) in [5.41, 5.74) is 4.79. The van der Waals surface area contributed by atoms with Gasteiger partial charge in [-0.25, -0.2) is 19.5 Å². The van der Waals surface area contributed by atoms with Crippen molar-refractivity contribution >= 4 is 22.6 Å². The average molecular weight is 345 g/mol. The van der Waals surface area contributed by atoms with Crippen molar-refractivity contribution in [1.82, 2.24) is 29.5 Å². The molecular weight excluding hydrogens is 326 g/mol. The maximum Gasteiger partial charge on any atom is 0.241 e. The van der Waals surface area contributed by atoms with Gasteiger partial charge in [0.15, 0.2) is 5.65 Å². The quantitative estimate of drug-likeness (QED) is 0.613. The first-order chi connectivity index (χ1) is 12.6. The van der Waals surface area contributed by atoms with Gasteiger partial charge in [0.05, 0.1) is 11.7 Å². The molecule has 7 heteroatoms. The number of nitrogens with zero attached hydrogens (tertiary/aromatic N) is 6. The summed E-state index contributed by atoms with van der Waals surface area (Å²) in [7, 11) is 0. The van der Waals surface area contributed by atoms with Gasteiger partial charge in [-0.15, -0.1) is 5.10 Å². The molecule has 4 aromatic rings. The van der Waals surface area contributed by atoms with E-state index in [1.54, 1.807) is 12.4 Å². The fraction of sp³-hybridized carbons (Fsp3) is 0.316. The third kappa shape index (κ3) is 2.56. The summed E-state index contributed by atoms with van der Waals surface area (Å²) in [6.45, 7) is 4.57. The molecule has 4 aromatic heterocycles. The molecule has 0 bridgehead atoms. The molecule has 130 valence electrons. The lowest BCUT2D eigenvalue weighted by molar-refractivity contribution is 0.167. The Morgan fingerprint density at radius 2 is 1.92 bits per heavy atom. The highest BCUT2D eigenvalue weighted by Gasteiger charge is 2.36. The van der Waals surface area contributed by atoms with Crippen molar-refractivity contribution in [3.63, 3.8) is 0 Å². The summed E-state index contributed by atoms with van der Waals surface area (Å²) in [5.74, 6) is 0.669. The standard InChI is InChI=1S/C19H19N7/c1-19(2)8-13(9-19)24-18-23-11-16-14(3-6-26(16)25-18)12-7-15-17(22-10-12)21-5-4-20-15/h3-7,10-11,13H,8-9H2,1-2H3,(H,24,25). The third-order valence-electron chi connectivity index (χ3n) is 4.98. The topological polar surface area (TPSA) is 80.9 Å². The normalized spacial score (nSPS) is 16.7. The lowest BCUT2D eigenvalue weighted by atomic mass is 9.68. The van der Waals surface area contributed by atoms with Crippen LogP contribution in [0.15, 0.2) is 43.1 Å². The average Bonchev–Trinajstić information content (AvgIpc) is 3.03. The Morgan fingerprint density at radius 3 is 2.77 bits per heavy atom. The number of rotatable bonds is 3. The van der Waals surface area contributed by atoms with Gasteiger partial charge in [0, 0.05) is 42.0 Å². The van der Waals surface area contributed by atoms with E-state index in [1.807, 2.05) is 35.2 Å². The summed E-state index contributed by atoms with van der Waals surface area (Å²) >= 11 is 0. The zero-order chi connectivity index (χ0) is 17.7. The van der Waals surface area contributed by atoms with Gasteiger partial charge in [0.25, 0.3) is 0 Å². The van der Waals surface area contributed by atoms with E-state index in [4.69, 9.17) is 0 Å². The molecule has 0 saturated heterocycles.